The number of carboxylic acids is 1. The second kappa shape index (κ2) is 4.93. The summed E-state index contributed by atoms with van der Waals surface area (Å²) < 4.78 is 13.3. The van der Waals surface area contributed by atoms with Gasteiger partial charge in [-0.3, -0.25) is 4.79 Å². The summed E-state index contributed by atoms with van der Waals surface area (Å²) in [6, 6.07) is 3.23. The fourth-order valence-electron chi connectivity index (χ4n) is 1.04. The normalized spacial score (nSPS) is 11.6. The summed E-state index contributed by atoms with van der Waals surface area (Å²) in [6.45, 7) is 1.56. The van der Waals surface area contributed by atoms with Gasteiger partial charge in [0, 0.05) is 5.56 Å². The van der Waals surface area contributed by atoms with E-state index in [1.54, 1.807) is 19.1 Å². The van der Waals surface area contributed by atoms with Gasteiger partial charge in [-0.25, -0.2) is 4.39 Å². The second-order valence-corrected chi connectivity index (χ2v) is 2.79. The van der Waals surface area contributed by atoms with Crippen LogP contribution < -0.4 is 5.73 Å². The van der Waals surface area contributed by atoms with E-state index in [4.69, 9.17) is 10.8 Å². The summed E-state index contributed by atoms with van der Waals surface area (Å²) >= 11 is 0. The van der Waals surface area contributed by atoms with Gasteiger partial charge in [-0.2, -0.15) is 0 Å². The fraction of sp³-hybridized carbons (Fsp3) is 0.222. The number of halogens is 2. The van der Waals surface area contributed by atoms with Gasteiger partial charge in [0.15, 0.2) is 0 Å². The summed E-state index contributed by atoms with van der Waals surface area (Å²) in [5.74, 6) is -1.78. The average Bonchev–Trinajstić information content (AvgIpc) is 2.08. The monoisotopic (exact) mass is 219 g/mol. The van der Waals surface area contributed by atoms with Crippen molar-refractivity contribution >= 4 is 18.4 Å². The van der Waals surface area contributed by atoms with E-state index in [0.717, 1.165) is 0 Å². The van der Waals surface area contributed by atoms with Gasteiger partial charge in [-0.15, -0.1) is 12.4 Å². The Morgan fingerprint density at radius 3 is 2.64 bits per heavy atom. The molecule has 0 spiro atoms. The first-order chi connectivity index (χ1) is 6.04. The highest BCUT2D eigenvalue weighted by molar-refractivity contribution is 5.85. The molecule has 0 unspecified atom stereocenters. The molecule has 5 heteroatoms. The van der Waals surface area contributed by atoms with Gasteiger partial charge in [0.2, 0.25) is 0 Å². The fourth-order valence-corrected chi connectivity index (χ4v) is 1.04. The molecule has 0 radical (unpaired) electrons. The highest BCUT2D eigenvalue weighted by Crippen LogP contribution is 2.17. The third-order valence-corrected chi connectivity index (χ3v) is 1.82. The van der Waals surface area contributed by atoms with E-state index in [1.165, 1.54) is 6.07 Å². The van der Waals surface area contributed by atoms with Crippen molar-refractivity contribution in [3.8, 4) is 0 Å². The predicted octanol–water partition coefficient (Wildman–Crippen LogP) is 1.64. The number of carboxylic acid groups (broad SMARTS) is 1. The molecule has 0 bridgehead atoms. The van der Waals surface area contributed by atoms with Gasteiger partial charge in [0.25, 0.3) is 0 Å². The molecular formula is C9H11ClFNO2. The van der Waals surface area contributed by atoms with Gasteiger partial charge in [-0.05, 0) is 12.5 Å². The molecule has 0 saturated heterocycles. The molecule has 14 heavy (non-hydrogen) atoms. The highest BCUT2D eigenvalue weighted by atomic mass is 35.5. The molecule has 1 aromatic carbocycles. The maximum absolute atomic E-state index is 13.3. The van der Waals surface area contributed by atoms with Crippen LogP contribution in [0.4, 0.5) is 4.39 Å². The Labute approximate surface area is 87.1 Å². The van der Waals surface area contributed by atoms with E-state index in [0.29, 0.717) is 5.56 Å². The summed E-state index contributed by atoms with van der Waals surface area (Å²) in [5, 5.41) is 8.56. The zero-order valence-corrected chi connectivity index (χ0v) is 8.34. The highest BCUT2D eigenvalue weighted by Gasteiger charge is 2.18. The lowest BCUT2D eigenvalue weighted by Crippen LogP contribution is -2.22. The van der Waals surface area contributed by atoms with Crippen molar-refractivity contribution in [2.45, 2.75) is 13.0 Å². The molecule has 0 fully saturated rings. The molecule has 1 atom stereocenters. The first-order valence-electron chi connectivity index (χ1n) is 3.77. The van der Waals surface area contributed by atoms with Crippen molar-refractivity contribution in [3.63, 3.8) is 0 Å². The lowest BCUT2D eigenvalue weighted by molar-refractivity contribution is -0.138. The lowest BCUT2D eigenvalue weighted by Gasteiger charge is -2.08. The minimum absolute atomic E-state index is 0. The van der Waals surface area contributed by atoms with Crippen LogP contribution in [0.1, 0.15) is 17.2 Å². The Kier molecular flexibility index (Phi) is 4.53. The molecule has 3 nitrogen and oxygen atoms in total. The number of carbonyl (C=O) groups is 1. The molecule has 3 N–H and O–H groups in total. The molecule has 0 aliphatic heterocycles. The van der Waals surface area contributed by atoms with E-state index in [1.807, 2.05) is 0 Å². The van der Waals surface area contributed by atoms with Crippen LogP contribution in [0.15, 0.2) is 18.2 Å². The van der Waals surface area contributed by atoms with E-state index in [9.17, 15) is 9.18 Å². The maximum Gasteiger partial charge on any atom is 0.325 e. The Bertz CT molecular complexity index is 344. The summed E-state index contributed by atoms with van der Waals surface area (Å²) in [7, 11) is 0. The average molecular weight is 220 g/mol. The number of rotatable bonds is 2. The third kappa shape index (κ3) is 2.43. The molecule has 0 aliphatic carbocycles. The standard InChI is InChI=1S/C9H10FNO2.ClH/c1-5-3-2-4-6(7(5)10)8(11)9(12)13;/h2-4,8H,11H2,1H3,(H,12,13);1H/t8-;/m1./s1. The van der Waals surface area contributed by atoms with Crippen LogP contribution in [0.2, 0.25) is 0 Å². The molecule has 78 valence electrons. The van der Waals surface area contributed by atoms with Gasteiger partial charge in [0.05, 0.1) is 0 Å². The van der Waals surface area contributed by atoms with Crippen LogP contribution >= 0.6 is 12.4 Å². The van der Waals surface area contributed by atoms with Crippen molar-refractivity contribution in [3.05, 3.63) is 35.1 Å². The molecule has 1 aromatic rings. The number of benzene rings is 1. The largest absolute Gasteiger partial charge is 0.480 e. The number of aliphatic carboxylic acids is 1. The predicted molar refractivity (Wildman–Crippen MR) is 52.9 cm³/mol. The summed E-state index contributed by atoms with van der Waals surface area (Å²) in [5.41, 5.74) is 5.69. The molecule has 1 rings (SSSR count). The van der Waals surface area contributed by atoms with Crippen LogP contribution in [0.5, 0.6) is 0 Å². The van der Waals surface area contributed by atoms with Crippen molar-refractivity contribution in [2.75, 3.05) is 0 Å². The molecular weight excluding hydrogens is 209 g/mol. The smallest absolute Gasteiger partial charge is 0.325 e. The van der Waals surface area contributed by atoms with Crippen LogP contribution in [0.3, 0.4) is 0 Å². The van der Waals surface area contributed by atoms with Crippen molar-refractivity contribution in [2.24, 2.45) is 5.73 Å². The van der Waals surface area contributed by atoms with Crippen LogP contribution in [-0.2, 0) is 4.79 Å². The zero-order chi connectivity index (χ0) is 10.0. The number of nitrogens with two attached hydrogens (primary N) is 1. The molecule has 0 aromatic heterocycles. The zero-order valence-electron chi connectivity index (χ0n) is 7.53. The minimum Gasteiger partial charge on any atom is -0.480 e. The van der Waals surface area contributed by atoms with Crippen LogP contribution in [0, 0.1) is 12.7 Å². The first-order valence-corrected chi connectivity index (χ1v) is 3.77. The summed E-state index contributed by atoms with van der Waals surface area (Å²) in [4.78, 5) is 10.5. The third-order valence-electron chi connectivity index (χ3n) is 1.82. The molecule has 0 heterocycles. The SMILES string of the molecule is Cc1cccc([C@@H](N)C(=O)O)c1F.Cl. The second-order valence-electron chi connectivity index (χ2n) is 2.79. The van der Waals surface area contributed by atoms with Crippen LogP contribution in [-0.4, -0.2) is 11.1 Å². The topological polar surface area (TPSA) is 63.3 Å². The van der Waals surface area contributed by atoms with Crippen LogP contribution in [0.25, 0.3) is 0 Å². The van der Waals surface area contributed by atoms with Gasteiger partial charge in [-0.1, -0.05) is 18.2 Å². The van der Waals surface area contributed by atoms with E-state index in [-0.39, 0.29) is 18.0 Å². The molecule has 0 aliphatic rings. The quantitative estimate of drug-likeness (QED) is 0.795. The Balaban J connectivity index is 0.00000169. The maximum atomic E-state index is 13.3. The summed E-state index contributed by atoms with van der Waals surface area (Å²) in [6.07, 6.45) is 0. The number of hydrogen-bond donors (Lipinski definition) is 2. The van der Waals surface area contributed by atoms with E-state index < -0.39 is 17.8 Å². The minimum atomic E-state index is -1.29. The Morgan fingerprint density at radius 2 is 2.14 bits per heavy atom. The van der Waals surface area contributed by atoms with Crippen molar-refractivity contribution in [1.82, 2.24) is 0 Å². The van der Waals surface area contributed by atoms with Gasteiger partial charge in [0.1, 0.15) is 11.9 Å². The molecule has 0 amide bonds. The van der Waals surface area contributed by atoms with E-state index in [2.05, 4.69) is 0 Å². The first kappa shape index (κ1) is 12.9. The van der Waals surface area contributed by atoms with Crippen molar-refractivity contribution in [1.29, 1.82) is 0 Å². The molecule has 0 saturated carbocycles. The van der Waals surface area contributed by atoms with Gasteiger partial charge < -0.3 is 10.8 Å². The Morgan fingerprint density at radius 1 is 1.57 bits per heavy atom. The number of hydrogen-bond acceptors (Lipinski definition) is 2. The van der Waals surface area contributed by atoms with E-state index >= 15 is 0 Å². The van der Waals surface area contributed by atoms with Gasteiger partial charge >= 0.3 is 5.97 Å². The lowest BCUT2D eigenvalue weighted by atomic mass is 10.0. The van der Waals surface area contributed by atoms with Crippen molar-refractivity contribution < 1.29 is 14.3 Å². The number of aryl methyl sites for hydroxylation is 1. The Hall–Kier alpha value is -1.13.